The Morgan fingerprint density at radius 3 is 2.68 bits per heavy atom. The van der Waals surface area contributed by atoms with E-state index in [4.69, 9.17) is 18.1 Å². The molecule has 0 amide bonds. The van der Waals surface area contributed by atoms with E-state index in [1.807, 2.05) is 18.2 Å². The summed E-state index contributed by atoms with van der Waals surface area (Å²) in [6.07, 6.45) is 1.05. The van der Waals surface area contributed by atoms with Gasteiger partial charge in [0.25, 0.3) is 5.56 Å². The molecule has 0 unspecified atom stereocenters. The van der Waals surface area contributed by atoms with Crippen LogP contribution in [-0.4, -0.2) is 15.5 Å². The largest absolute Gasteiger partial charge is 0.458 e. The Labute approximate surface area is 189 Å². The maximum Gasteiger partial charge on any atom is 0.344 e. The zero-order chi connectivity index (χ0) is 21.9. The third-order valence-corrected chi connectivity index (χ3v) is 6.88. The molecule has 1 atom stereocenters. The molecule has 0 radical (unpaired) electrons. The van der Waals surface area contributed by atoms with Crippen LogP contribution in [0.15, 0.2) is 29.1 Å². The van der Waals surface area contributed by atoms with Gasteiger partial charge >= 0.3 is 5.97 Å². The Bertz CT molecular complexity index is 1310. The van der Waals surface area contributed by atoms with Crippen molar-refractivity contribution in [2.75, 3.05) is 0 Å². The van der Waals surface area contributed by atoms with Gasteiger partial charge in [-0.05, 0) is 55.6 Å². The van der Waals surface area contributed by atoms with Gasteiger partial charge in [0, 0.05) is 29.4 Å². The number of esters is 1. The van der Waals surface area contributed by atoms with Crippen LogP contribution in [-0.2, 0) is 38.9 Å². The fourth-order valence-corrected chi connectivity index (χ4v) is 5.16. The number of carbonyl (C=O) groups excluding carboxylic acids is 1. The highest BCUT2D eigenvalue weighted by molar-refractivity contribution is 7.75. The molecule has 2 aliphatic rings. The smallest absolute Gasteiger partial charge is 0.344 e. The lowest BCUT2D eigenvalue weighted by Gasteiger charge is -2.34. The van der Waals surface area contributed by atoms with Crippen molar-refractivity contribution < 1.29 is 17.9 Å². The molecule has 0 spiro atoms. The lowest BCUT2D eigenvalue weighted by molar-refractivity contribution is -0.167. The zero-order valence-corrected chi connectivity index (χ0v) is 18.8. The van der Waals surface area contributed by atoms with Crippen LogP contribution in [0, 0.1) is 0 Å². The number of hydrogen-bond donors (Lipinski definition) is 2. The van der Waals surface area contributed by atoms with E-state index in [2.05, 4.69) is 32.7 Å². The molecule has 9 heteroatoms. The Morgan fingerprint density at radius 1 is 1.19 bits per heavy atom. The number of hydrogen-bond acceptors (Lipinski definition) is 8. The summed E-state index contributed by atoms with van der Waals surface area (Å²) in [6.45, 7) is 4.20. The van der Waals surface area contributed by atoms with Crippen molar-refractivity contribution in [1.82, 2.24) is 9.55 Å². The predicted octanol–water partition coefficient (Wildman–Crippen LogP) is 3.73. The quantitative estimate of drug-likeness (QED) is 0.277. The van der Waals surface area contributed by atoms with Gasteiger partial charge in [0.2, 0.25) is 5.60 Å². The summed E-state index contributed by atoms with van der Waals surface area (Å²) >= 11 is 7.87. The van der Waals surface area contributed by atoms with Crippen LogP contribution in [0.25, 0.3) is 22.3 Å². The first-order valence-corrected chi connectivity index (χ1v) is 10.8. The molecule has 0 aliphatic carbocycles. The van der Waals surface area contributed by atoms with Crippen LogP contribution in [0.1, 0.15) is 42.5 Å². The van der Waals surface area contributed by atoms with Crippen LogP contribution < -0.4 is 9.74 Å². The number of fused-ring (bicyclic) bond motifs is 5. The van der Waals surface area contributed by atoms with Gasteiger partial charge in [-0.2, -0.15) is 0 Å². The predicted molar refractivity (Wildman–Crippen MR) is 121 cm³/mol. The molecule has 4 heterocycles. The maximum atomic E-state index is 13.4. The summed E-state index contributed by atoms with van der Waals surface area (Å²) in [5.41, 5.74) is 3.61. The Morgan fingerprint density at radius 2 is 2.00 bits per heavy atom. The number of carbonyl (C=O) groups is 1. The summed E-state index contributed by atoms with van der Waals surface area (Å²) < 4.78 is 17.4. The highest BCUT2D eigenvalue weighted by Gasteiger charge is 2.48. The van der Waals surface area contributed by atoms with E-state index in [1.165, 1.54) is 0 Å². The van der Waals surface area contributed by atoms with Gasteiger partial charge in [-0.3, -0.25) is 8.98 Å². The van der Waals surface area contributed by atoms with Gasteiger partial charge in [-0.1, -0.05) is 13.8 Å². The average Bonchev–Trinajstić information content (AvgIpc) is 3.16. The third-order valence-electron chi connectivity index (χ3n) is 6.36. The Kier molecular flexibility index (Phi) is 4.80. The Hall–Kier alpha value is -2.49. The number of nitrogens with zero attached hydrogens (tertiary/aromatic N) is 2. The van der Waals surface area contributed by atoms with E-state index in [0.29, 0.717) is 29.1 Å². The van der Waals surface area contributed by atoms with Crippen molar-refractivity contribution in [3.05, 3.63) is 56.9 Å². The molecular formula is C22H20N2O5S2. The lowest BCUT2D eigenvalue weighted by Crippen LogP contribution is -2.45. The van der Waals surface area contributed by atoms with Crippen molar-refractivity contribution >= 4 is 42.7 Å². The van der Waals surface area contributed by atoms with Crippen molar-refractivity contribution in [1.29, 1.82) is 0 Å². The average molecular weight is 457 g/mol. The molecule has 2 aromatic heterocycles. The molecule has 0 N–H and O–H groups in total. The van der Waals surface area contributed by atoms with Gasteiger partial charge in [0.15, 0.2) is 0 Å². The second-order valence-corrected chi connectivity index (χ2v) is 8.07. The summed E-state index contributed by atoms with van der Waals surface area (Å²) in [5.74, 6) is 0.0878. The van der Waals surface area contributed by atoms with E-state index in [1.54, 1.807) is 17.6 Å². The zero-order valence-electron chi connectivity index (χ0n) is 17.0. The number of aryl methyl sites for hydroxylation is 1. The van der Waals surface area contributed by atoms with E-state index in [9.17, 15) is 9.59 Å². The summed E-state index contributed by atoms with van der Waals surface area (Å²) in [4.78, 5) is 30.9. The standard InChI is InChI=1S/C22H20N2O5S2/c1-3-12-13-7-11(28-30)5-6-17(13)23-19-14(12)9-24-18(19)8-16-15(20(24)25)10-27-21(26)22(16,4-2)29-31/h5-8,30-31H,3-4,9-10H2,1-2H3/t22-/m0/s1. The summed E-state index contributed by atoms with van der Waals surface area (Å²) in [6, 6.07) is 7.43. The number of pyridine rings is 2. The van der Waals surface area contributed by atoms with Gasteiger partial charge in [-0.25, -0.2) is 9.78 Å². The second kappa shape index (κ2) is 7.29. The SMILES string of the molecule is CCc1c2c(nc3ccc(OS)cc13)-c1cc3c(c(=O)n1C2)COC(=O)[C@@]3(CC)OS. The summed E-state index contributed by atoms with van der Waals surface area (Å²) in [5, 5.41) is 0.971. The van der Waals surface area contributed by atoms with Crippen molar-refractivity contribution in [2.45, 2.75) is 45.4 Å². The van der Waals surface area contributed by atoms with Crippen LogP contribution >= 0.6 is 25.8 Å². The molecule has 31 heavy (non-hydrogen) atoms. The van der Waals surface area contributed by atoms with Crippen molar-refractivity contribution in [3.63, 3.8) is 0 Å². The van der Waals surface area contributed by atoms with Crippen LogP contribution in [0.5, 0.6) is 5.75 Å². The Balaban J connectivity index is 1.82. The maximum absolute atomic E-state index is 13.4. The van der Waals surface area contributed by atoms with E-state index in [0.717, 1.165) is 34.1 Å². The minimum atomic E-state index is -1.42. The number of thiol groups is 2. The van der Waals surface area contributed by atoms with Crippen LogP contribution in [0.3, 0.4) is 0 Å². The molecule has 5 rings (SSSR count). The second-order valence-electron chi connectivity index (χ2n) is 7.70. The number of ether oxygens (including phenoxy) is 1. The molecule has 1 aromatic carbocycles. The fourth-order valence-electron chi connectivity index (χ4n) is 4.74. The number of cyclic esters (lactones) is 1. The molecule has 0 fully saturated rings. The number of benzene rings is 1. The first-order valence-electron chi connectivity index (χ1n) is 10.0. The molecule has 0 bridgehead atoms. The highest BCUT2D eigenvalue weighted by atomic mass is 32.1. The van der Waals surface area contributed by atoms with Crippen molar-refractivity contribution in [2.24, 2.45) is 0 Å². The highest BCUT2D eigenvalue weighted by Crippen LogP contribution is 2.42. The molecule has 7 nitrogen and oxygen atoms in total. The topological polar surface area (TPSA) is 79.6 Å². The third kappa shape index (κ3) is 2.69. The number of aromatic nitrogens is 2. The molecule has 0 saturated carbocycles. The first-order chi connectivity index (χ1) is 15.0. The van der Waals surface area contributed by atoms with Crippen LogP contribution in [0.2, 0.25) is 0 Å². The monoisotopic (exact) mass is 456 g/mol. The van der Waals surface area contributed by atoms with Gasteiger partial charge in [0.1, 0.15) is 12.4 Å². The molecule has 0 saturated heterocycles. The van der Waals surface area contributed by atoms with E-state index < -0.39 is 11.6 Å². The minimum Gasteiger partial charge on any atom is -0.458 e. The molecule has 160 valence electrons. The number of rotatable bonds is 4. The summed E-state index contributed by atoms with van der Waals surface area (Å²) in [7, 11) is 0. The minimum absolute atomic E-state index is 0.0821. The van der Waals surface area contributed by atoms with Gasteiger partial charge in [-0.15, -0.1) is 0 Å². The van der Waals surface area contributed by atoms with Crippen molar-refractivity contribution in [3.8, 4) is 17.1 Å². The van der Waals surface area contributed by atoms with E-state index in [-0.39, 0.29) is 18.6 Å². The van der Waals surface area contributed by atoms with Gasteiger partial charge in [0.05, 0.1) is 29.0 Å². The van der Waals surface area contributed by atoms with Crippen LogP contribution in [0.4, 0.5) is 0 Å². The molecule has 3 aromatic rings. The molecular weight excluding hydrogens is 436 g/mol. The van der Waals surface area contributed by atoms with E-state index >= 15 is 0 Å². The lowest BCUT2D eigenvalue weighted by atomic mass is 9.86. The van der Waals surface area contributed by atoms with Gasteiger partial charge < -0.3 is 13.5 Å². The first kappa shape index (κ1) is 20.4. The normalized spacial score (nSPS) is 19.0. The molecule has 2 aliphatic heterocycles. The fraction of sp³-hybridized carbons (Fsp3) is 0.318.